The molecule has 0 atom stereocenters. The number of carbonyl (C=O) groups is 1. The van der Waals surface area contributed by atoms with Crippen molar-refractivity contribution in [3.8, 4) is 0 Å². The van der Waals surface area contributed by atoms with Crippen LogP contribution < -0.4 is 5.43 Å². The van der Waals surface area contributed by atoms with Crippen LogP contribution in [0.5, 0.6) is 0 Å². The molecule has 1 aromatic heterocycles. The minimum atomic E-state index is -0.176. The van der Waals surface area contributed by atoms with Gasteiger partial charge in [-0.2, -0.15) is 0 Å². The van der Waals surface area contributed by atoms with E-state index in [1.165, 1.54) is 38.2 Å². The lowest BCUT2D eigenvalue weighted by Gasteiger charge is -2.37. The van der Waals surface area contributed by atoms with Gasteiger partial charge in [-0.25, -0.2) is 0 Å². The molecule has 1 aliphatic heterocycles. The first-order valence-corrected chi connectivity index (χ1v) is 9.75. The molecule has 0 spiro atoms. The predicted molar refractivity (Wildman–Crippen MR) is 101 cm³/mol. The van der Waals surface area contributed by atoms with Crippen molar-refractivity contribution >= 4 is 16.9 Å². The normalized spacial score (nSPS) is 19.8. The molecule has 138 valence electrons. The second kappa shape index (κ2) is 7.62. The third-order valence-electron chi connectivity index (χ3n) is 5.75. The second-order valence-electron chi connectivity index (χ2n) is 7.57. The van der Waals surface area contributed by atoms with Crippen molar-refractivity contribution in [1.29, 1.82) is 0 Å². The Morgan fingerprint density at radius 1 is 1.04 bits per heavy atom. The summed E-state index contributed by atoms with van der Waals surface area (Å²) in [6.45, 7) is 4.36. The lowest BCUT2D eigenvalue weighted by Crippen LogP contribution is -2.50. The average molecular weight is 354 g/mol. The van der Waals surface area contributed by atoms with Crippen LogP contribution in [0, 0.1) is 5.92 Å². The van der Waals surface area contributed by atoms with Gasteiger partial charge in [0.15, 0.2) is 11.2 Å². The van der Waals surface area contributed by atoms with Gasteiger partial charge in [-0.1, -0.05) is 31.4 Å². The van der Waals surface area contributed by atoms with Crippen molar-refractivity contribution in [3.63, 3.8) is 0 Å². The highest BCUT2D eigenvalue weighted by Gasteiger charge is 2.26. The average Bonchev–Trinajstić information content (AvgIpc) is 2.69. The summed E-state index contributed by atoms with van der Waals surface area (Å²) in [4.78, 5) is 29.3. The van der Waals surface area contributed by atoms with E-state index in [9.17, 15) is 9.59 Å². The van der Waals surface area contributed by atoms with E-state index in [2.05, 4.69) is 4.90 Å². The summed E-state index contributed by atoms with van der Waals surface area (Å²) in [7, 11) is 0. The number of rotatable bonds is 3. The molecule has 0 N–H and O–H groups in total. The van der Waals surface area contributed by atoms with Gasteiger partial charge in [0.2, 0.25) is 0 Å². The maximum atomic E-state index is 12.8. The van der Waals surface area contributed by atoms with Crippen molar-refractivity contribution in [2.45, 2.75) is 32.1 Å². The predicted octanol–water partition coefficient (Wildman–Crippen LogP) is 3.13. The van der Waals surface area contributed by atoms with Crippen LogP contribution in [-0.4, -0.2) is 48.4 Å². The number of nitrogens with zero attached hydrogens (tertiary/aromatic N) is 2. The zero-order valence-corrected chi connectivity index (χ0v) is 15.2. The van der Waals surface area contributed by atoms with Crippen molar-refractivity contribution in [3.05, 3.63) is 46.3 Å². The van der Waals surface area contributed by atoms with Gasteiger partial charge in [-0.15, -0.1) is 0 Å². The number of hydrogen-bond donors (Lipinski definition) is 0. The van der Waals surface area contributed by atoms with Crippen molar-refractivity contribution < 1.29 is 9.21 Å². The Labute approximate surface area is 153 Å². The fraction of sp³-hybridized carbons (Fsp3) is 0.524. The molecule has 1 aliphatic carbocycles. The minimum Gasteiger partial charge on any atom is -0.451 e. The van der Waals surface area contributed by atoms with E-state index >= 15 is 0 Å². The van der Waals surface area contributed by atoms with Crippen LogP contribution in [0.2, 0.25) is 0 Å². The first kappa shape index (κ1) is 17.3. The molecule has 0 radical (unpaired) electrons. The maximum Gasteiger partial charge on any atom is 0.289 e. The van der Waals surface area contributed by atoms with E-state index in [4.69, 9.17) is 4.42 Å². The number of benzene rings is 1. The Morgan fingerprint density at radius 3 is 2.54 bits per heavy atom. The van der Waals surface area contributed by atoms with Crippen LogP contribution in [0.1, 0.15) is 42.7 Å². The third-order valence-corrected chi connectivity index (χ3v) is 5.75. The Hall–Kier alpha value is -2.14. The highest BCUT2D eigenvalue weighted by Crippen LogP contribution is 2.25. The molecule has 2 aliphatic rings. The number of hydrogen-bond acceptors (Lipinski definition) is 4. The Morgan fingerprint density at radius 2 is 1.77 bits per heavy atom. The molecule has 1 saturated heterocycles. The monoisotopic (exact) mass is 354 g/mol. The van der Waals surface area contributed by atoms with E-state index < -0.39 is 0 Å². The number of fused-ring (bicyclic) bond motifs is 1. The number of amides is 1. The summed E-state index contributed by atoms with van der Waals surface area (Å²) in [6, 6.07) is 8.39. The van der Waals surface area contributed by atoms with Gasteiger partial charge in [-0.05, 0) is 30.9 Å². The van der Waals surface area contributed by atoms with Gasteiger partial charge in [-0.3, -0.25) is 14.5 Å². The smallest absolute Gasteiger partial charge is 0.289 e. The molecule has 1 saturated carbocycles. The number of carbonyl (C=O) groups excluding carboxylic acids is 1. The molecule has 2 aromatic rings. The number of piperazine rings is 1. The van der Waals surface area contributed by atoms with Crippen LogP contribution in [0.25, 0.3) is 11.0 Å². The third kappa shape index (κ3) is 3.68. The standard InChI is InChI=1S/C21H26N2O3/c24-18-14-20(26-19-9-5-4-8-17(18)19)21(25)23-12-10-22(11-13-23)15-16-6-2-1-3-7-16/h4-5,8-9,14,16H,1-3,6-7,10-13,15H2. The first-order valence-electron chi connectivity index (χ1n) is 9.75. The van der Waals surface area contributed by atoms with Crippen molar-refractivity contribution in [2.24, 2.45) is 5.92 Å². The van der Waals surface area contributed by atoms with Gasteiger partial charge in [0.25, 0.3) is 5.91 Å². The van der Waals surface area contributed by atoms with Crippen LogP contribution in [0.15, 0.2) is 39.5 Å². The highest BCUT2D eigenvalue weighted by atomic mass is 16.3. The van der Waals surface area contributed by atoms with E-state index in [0.717, 1.165) is 25.6 Å². The Kier molecular flexibility index (Phi) is 5.07. The summed E-state index contributed by atoms with van der Waals surface area (Å²) >= 11 is 0. The molecule has 1 aromatic carbocycles. The van der Waals surface area contributed by atoms with Crippen molar-refractivity contribution in [2.75, 3.05) is 32.7 Å². The molecule has 0 bridgehead atoms. The highest BCUT2D eigenvalue weighted by molar-refractivity contribution is 5.93. The second-order valence-corrected chi connectivity index (χ2v) is 7.57. The fourth-order valence-electron chi connectivity index (χ4n) is 4.23. The van der Waals surface area contributed by atoms with Crippen LogP contribution in [0.3, 0.4) is 0 Å². The quantitative estimate of drug-likeness (QED) is 0.850. The zero-order chi connectivity index (χ0) is 17.9. The van der Waals surface area contributed by atoms with Crippen molar-refractivity contribution in [1.82, 2.24) is 9.80 Å². The minimum absolute atomic E-state index is 0.148. The van der Waals surface area contributed by atoms with Crippen LogP contribution in [-0.2, 0) is 0 Å². The van der Waals surface area contributed by atoms with Gasteiger partial charge in [0.1, 0.15) is 5.58 Å². The first-order chi connectivity index (χ1) is 12.7. The molecule has 1 amide bonds. The summed E-state index contributed by atoms with van der Waals surface area (Å²) in [5, 5.41) is 0.515. The van der Waals surface area contributed by atoms with E-state index in [1.54, 1.807) is 18.2 Å². The summed E-state index contributed by atoms with van der Waals surface area (Å²) in [6.07, 6.45) is 6.81. The molecular weight excluding hydrogens is 328 g/mol. The maximum absolute atomic E-state index is 12.8. The molecule has 4 rings (SSSR count). The van der Waals surface area contributed by atoms with E-state index in [1.807, 2.05) is 11.0 Å². The molecule has 2 heterocycles. The van der Waals surface area contributed by atoms with Gasteiger partial charge >= 0.3 is 0 Å². The summed E-state index contributed by atoms with van der Waals surface area (Å²) in [5.74, 6) is 0.795. The molecule has 26 heavy (non-hydrogen) atoms. The molecular formula is C21H26N2O3. The molecule has 2 fully saturated rings. The van der Waals surface area contributed by atoms with Gasteiger partial charge in [0.05, 0.1) is 5.39 Å². The Bertz CT molecular complexity index is 831. The molecule has 0 unspecified atom stereocenters. The van der Waals surface area contributed by atoms with E-state index in [0.29, 0.717) is 24.1 Å². The molecule has 5 nitrogen and oxygen atoms in total. The number of para-hydroxylation sites is 1. The molecule has 5 heteroatoms. The van der Waals surface area contributed by atoms with Crippen LogP contribution >= 0.6 is 0 Å². The van der Waals surface area contributed by atoms with Crippen LogP contribution in [0.4, 0.5) is 0 Å². The largest absolute Gasteiger partial charge is 0.451 e. The van der Waals surface area contributed by atoms with Gasteiger partial charge < -0.3 is 9.32 Å². The topological polar surface area (TPSA) is 53.8 Å². The lowest BCUT2D eigenvalue weighted by atomic mass is 9.89. The summed E-state index contributed by atoms with van der Waals surface area (Å²) in [5.41, 5.74) is 0.311. The SMILES string of the molecule is O=C(c1cc(=O)c2ccccc2o1)N1CCN(CC2CCCCC2)CC1. The Balaban J connectivity index is 1.39. The fourth-order valence-corrected chi connectivity index (χ4v) is 4.23. The van der Waals surface area contributed by atoms with E-state index in [-0.39, 0.29) is 17.1 Å². The lowest BCUT2D eigenvalue weighted by molar-refractivity contribution is 0.0577. The van der Waals surface area contributed by atoms with Gasteiger partial charge in [0, 0.05) is 38.8 Å². The summed E-state index contributed by atoms with van der Waals surface area (Å²) < 4.78 is 5.70. The zero-order valence-electron chi connectivity index (χ0n) is 15.2.